The van der Waals surface area contributed by atoms with Crippen molar-refractivity contribution in [3.05, 3.63) is 95.8 Å². The molecule has 0 radical (unpaired) electrons. The zero-order chi connectivity index (χ0) is 18.8. The van der Waals surface area contributed by atoms with Crippen molar-refractivity contribution >= 4 is 23.4 Å². The first-order valence-electron chi connectivity index (χ1n) is 8.37. The average molecular weight is 357 g/mol. The third kappa shape index (κ3) is 2.87. The number of hydrogen-bond acceptors (Lipinski definition) is 5. The summed E-state index contributed by atoms with van der Waals surface area (Å²) in [6.07, 6.45) is 3.00. The fourth-order valence-corrected chi connectivity index (χ4v) is 3.16. The summed E-state index contributed by atoms with van der Waals surface area (Å²) >= 11 is 0. The third-order valence-electron chi connectivity index (χ3n) is 4.37. The predicted molar refractivity (Wildman–Crippen MR) is 99.7 cm³/mol. The lowest BCUT2D eigenvalue weighted by Gasteiger charge is -2.23. The first-order valence-corrected chi connectivity index (χ1v) is 8.37. The van der Waals surface area contributed by atoms with E-state index < -0.39 is 17.7 Å². The number of aliphatic hydroxyl groups excluding tert-OH is 1. The number of benzene rings is 2. The summed E-state index contributed by atoms with van der Waals surface area (Å²) in [7, 11) is 0. The molecule has 1 aliphatic rings. The molecular formula is C21H15N3O3. The van der Waals surface area contributed by atoms with Crippen LogP contribution in [0.1, 0.15) is 17.2 Å². The molecule has 1 N–H and O–H groups in total. The largest absolute Gasteiger partial charge is 0.507 e. The maximum atomic E-state index is 12.8. The van der Waals surface area contributed by atoms with Crippen LogP contribution in [0.2, 0.25) is 0 Å². The molecule has 1 saturated heterocycles. The van der Waals surface area contributed by atoms with Gasteiger partial charge in [-0.15, -0.1) is 0 Å². The van der Waals surface area contributed by atoms with Crippen molar-refractivity contribution in [1.29, 1.82) is 0 Å². The maximum Gasteiger partial charge on any atom is 0.302 e. The lowest BCUT2D eigenvalue weighted by Crippen LogP contribution is -2.31. The van der Waals surface area contributed by atoms with E-state index >= 15 is 0 Å². The number of aliphatic hydroxyl groups is 1. The summed E-state index contributed by atoms with van der Waals surface area (Å²) in [5, 5.41) is 10.8. The first-order chi connectivity index (χ1) is 13.2. The van der Waals surface area contributed by atoms with Gasteiger partial charge in [0.15, 0.2) is 0 Å². The van der Waals surface area contributed by atoms with E-state index in [0.29, 0.717) is 11.1 Å². The van der Waals surface area contributed by atoms with E-state index in [9.17, 15) is 14.7 Å². The molecule has 2 aromatic carbocycles. The van der Waals surface area contributed by atoms with Gasteiger partial charge in [-0.3, -0.25) is 14.5 Å². The Kier molecular flexibility index (Phi) is 4.22. The minimum Gasteiger partial charge on any atom is -0.507 e. The Morgan fingerprint density at radius 3 is 2.07 bits per heavy atom. The zero-order valence-corrected chi connectivity index (χ0v) is 14.2. The highest BCUT2D eigenvalue weighted by molar-refractivity contribution is 6.51. The van der Waals surface area contributed by atoms with Crippen molar-refractivity contribution in [2.75, 3.05) is 4.90 Å². The van der Waals surface area contributed by atoms with Gasteiger partial charge in [-0.1, -0.05) is 60.7 Å². The van der Waals surface area contributed by atoms with Crippen LogP contribution in [0, 0.1) is 0 Å². The number of hydrogen-bond donors (Lipinski definition) is 1. The van der Waals surface area contributed by atoms with Gasteiger partial charge in [0.05, 0.1) is 11.6 Å². The number of carbonyl (C=O) groups excluding carboxylic acids is 2. The normalized spacial score (nSPS) is 18.7. The van der Waals surface area contributed by atoms with E-state index in [1.54, 1.807) is 42.5 Å². The Morgan fingerprint density at radius 1 is 0.852 bits per heavy atom. The molecule has 0 unspecified atom stereocenters. The average Bonchev–Trinajstić information content (AvgIpc) is 3.00. The molecule has 1 atom stereocenters. The highest BCUT2D eigenvalue weighted by Crippen LogP contribution is 2.40. The molecule has 1 amide bonds. The summed E-state index contributed by atoms with van der Waals surface area (Å²) in [5.74, 6) is -1.65. The SMILES string of the molecule is O=C1C(=O)N(c2ncccn2)[C@@H](c2ccccc2)C1=C(O)c1ccccc1. The third-order valence-corrected chi connectivity index (χ3v) is 4.37. The summed E-state index contributed by atoms with van der Waals surface area (Å²) < 4.78 is 0. The second-order valence-electron chi connectivity index (χ2n) is 5.99. The Balaban J connectivity index is 1.95. The van der Waals surface area contributed by atoms with E-state index in [1.807, 2.05) is 24.3 Å². The highest BCUT2D eigenvalue weighted by atomic mass is 16.3. The van der Waals surface area contributed by atoms with Crippen LogP contribution < -0.4 is 4.90 Å². The Labute approximate surface area is 155 Å². The van der Waals surface area contributed by atoms with Crippen LogP contribution in [-0.2, 0) is 9.59 Å². The lowest BCUT2D eigenvalue weighted by molar-refractivity contribution is -0.132. The van der Waals surface area contributed by atoms with Crippen molar-refractivity contribution in [2.24, 2.45) is 0 Å². The summed E-state index contributed by atoms with van der Waals surface area (Å²) in [5.41, 5.74) is 1.16. The van der Waals surface area contributed by atoms with Crippen LogP contribution in [0.15, 0.2) is 84.7 Å². The molecule has 1 aliphatic heterocycles. The van der Waals surface area contributed by atoms with E-state index in [4.69, 9.17) is 0 Å². The van der Waals surface area contributed by atoms with Crippen molar-refractivity contribution < 1.29 is 14.7 Å². The predicted octanol–water partition coefficient (Wildman–Crippen LogP) is 3.10. The Hall–Kier alpha value is -3.80. The first kappa shape index (κ1) is 16.7. The fourth-order valence-electron chi connectivity index (χ4n) is 3.16. The number of amides is 1. The number of aromatic nitrogens is 2. The fraction of sp³-hybridized carbons (Fsp3) is 0.0476. The second kappa shape index (κ2) is 6.84. The number of Topliss-reactive ketones (excluding diaryl/α,β-unsaturated/α-hetero) is 1. The van der Waals surface area contributed by atoms with Crippen molar-refractivity contribution in [3.63, 3.8) is 0 Å². The van der Waals surface area contributed by atoms with E-state index in [-0.39, 0.29) is 17.3 Å². The number of carbonyl (C=O) groups is 2. The minimum absolute atomic E-state index is 0.0184. The summed E-state index contributed by atoms with van der Waals surface area (Å²) in [6, 6.07) is 18.5. The molecule has 132 valence electrons. The van der Waals surface area contributed by atoms with E-state index in [0.717, 1.165) is 0 Å². The van der Waals surface area contributed by atoms with Gasteiger partial charge in [-0.2, -0.15) is 0 Å². The smallest absolute Gasteiger partial charge is 0.302 e. The van der Waals surface area contributed by atoms with Crippen LogP contribution in [-0.4, -0.2) is 26.8 Å². The molecule has 27 heavy (non-hydrogen) atoms. The van der Waals surface area contributed by atoms with Crippen molar-refractivity contribution in [3.8, 4) is 0 Å². The molecular weight excluding hydrogens is 342 g/mol. The number of anilines is 1. The molecule has 0 bridgehead atoms. The monoisotopic (exact) mass is 357 g/mol. The number of nitrogens with zero attached hydrogens (tertiary/aromatic N) is 3. The van der Waals surface area contributed by atoms with Gasteiger partial charge in [0.1, 0.15) is 5.76 Å². The minimum atomic E-state index is -0.811. The van der Waals surface area contributed by atoms with Crippen molar-refractivity contribution in [2.45, 2.75) is 6.04 Å². The van der Waals surface area contributed by atoms with Crippen LogP contribution in [0.25, 0.3) is 5.76 Å². The second-order valence-corrected chi connectivity index (χ2v) is 5.99. The zero-order valence-electron chi connectivity index (χ0n) is 14.2. The van der Waals surface area contributed by atoms with Gasteiger partial charge in [-0.05, 0) is 11.6 Å². The van der Waals surface area contributed by atoms with Gasteiger partial charge in [0.25, 0.3) is 5.78 Å². The van der Waals surface area contributed by atoms with Crippen LogP contribution >= 0.6 is 0 Å². The molecule has 6 nitrogen and oxygen atoms in total. The Bertz CT molecular complexity index is 1020. The molecule has 6 heteroatoms. The molecule has 0 spiro atoms. The van der Waals surface area contributed by atoms with Gasteiger partial charge in [0, 0.05) is 18.0 Å². The van der Waals surface area contributed by atoms with E-state index in [2.05, 4.69) is 9.97 Å². The molecule has 1 aromatic heterocycles. The lowest BCUT2D eigenvalue weighted by atomic mass is 9.95. The van der Waals surface area contributed by atoms with Crippen LogP contribution in [0.5, 0.6) is 0 Å². The van der Waals surface area contributed by atoms with Crippen LogP contribution in [0.4, 0.5) is 5.95 Å². The quantitative estimate of drug-likeness (QED) is 0.442. The topological polar surface area (TPSA) is 83.4 Å². The number of rotatable bonds is 3. The highest BCUT2D eigenvalue weighted by Gasteiger charge is 2.48. The Morgan fingerprint density at radius 2 is 1.44 bits per heavy atom. The van der Waals surface area contributed by atoms with Crippen molar-refractivity contribution in [1.82, 2.24) is 9.97 Å². The summed E-state index contributed by atoms with van der Waals surface area (Å²) in [4.78, 5) is 35.1. The molecule has 4 rings (SSSR count). The molecule has 1 fully saturated rings. The van der Waals surface area contributed by atoms with Gasteiger partial charge < -0.3 is 5.11 Å². The molecule has 3 aromatic rings. The molecule has 0 saturated carbocycles. The van der Waals surface area contributed by atoms with E-state index in [1.165, 1.54) is 17.3 Å². The van der Waals surface area contributed by atoms with Gasteiger partial charge >= 0.3 is 5.91 Å². The maximum absolute atomic E-state index is 12.8. The van der Waals surface area contributed by atoms with Gasteiger partial charge in [-0.25, -0.2) is 9.97 Å². The molecule has 0 aliphatic carbocycles. The van der Waals surface area contributed by atoms with Gasteiger partial charge in [0.2, 0.25) is 5.95 Å². The molecule has 2 heterocycles. The number of ketones is 1. The van der Waals surface area contributed by atoms with Crippen LogP contribution in [0.3, 0.4) is 0 Å². The standard InChI is InChI=1S/C21H15N3O3/c25-18(15-10-5-2-6-11-15)16-17(14-8-3-1-4-9-14)24(20(27)19(16)26)21-22-12-7-13-23-21/h1-13,17,25H/t17-/m0/s1. The summed E-state index contributed by atoms with van der Waals surface area (Å²) in [6.45, 7) is 0.